The highest BCUT2D eigenvalue weighted by atomic mass is 35.5. The Balaban J connectivity index is 1.82. The zero-order valence-electron chi connectivity index (χ0n) is 21.4. The van der Waals surface area contributed by atoms with E-state index < -0.39 is 34.5 Å². The van der Waals surface area contributed by atoms with Crippen LogP contribution in [0.3, 0.4) is 0 Å². The van der Waals surface area contributed by atoms with Crippen LogP contribution in [0.2, 0.25) is 5.02 Å². The van der Waals surface area contributed by atoms with Gasteiger partial charge in [-0.15, -0.1) is 0 Å². The monoisotopic (exact) mass is 595 g/mol. The van der Waals surface area contributed by atoms with E-state index in [1.165, 1.54) is 30.3 Å². The predicted molar refractivity (Wildman–Crippen MR) is 145 cm³/mol. The van der Waals surface area contributed by atoms with Crippen LogP contribution in [0.1, 0.15) is 36.5 Å². The lowest BCUT2D eigenvalue weighted by Gasteiger charge is -2.36. The summed E-state index contributed by atoms with van der Waals surface area (Å²) in [4.78, 5) is 10.9. The normalized spacial score (nSPS) is 15.5. The van der Waals surface area contributed by atoms with Crippen LogP contribution < -0.4 is 13.8 Å². The number of hydrogen-bond acceptors (Lipinski definition) is 5. The molecule has 0 saturated heterocycles. The lowest BCUT2D eigenvalue weighted by Crippen LogP contribution is -2.43. The fraction of sp³-hybridized carbons (Fsp3) is 0.250. The van der Waals surface area contributed by atoms with Crippen LogP contribution in [0.4, 0.5) is 18.9 Å². The molecule has 3 aromatic carbocycles. The van der Waals surface area contributed by atoms with Crippen molar-refractivity contribution >= 4 is 44.9 Å². The molecule has 40 heavy (non-hydrogen) atoms. The first-order chi connectivity index (χ1) is 18.9. The summed E-state index contributed by atoms with van der Waals surface area (Å²) >= 11 is 6.22. The van der Waals surface area contributed by atoms with Gasteiger partial charge in [0.1, 0.15) is 23.4 Å². The van der Waals surface area contributed by atoms with Crippen molar-refractivity contribution in [2.45, 2.75) is 44.3 Å². The summed E-state index contributed by atoms with van der Waals surface area (Å²) in [6.45, 7) is 0.0552. The molecule has 0 aromatic heterocycles. The summed E-state index contributed by atoms with van der Waals surface area (Å²) in [6.07, 6.45) is 0.645. The summed E-state index contributed by atoms with van der Waals surface area (Å²) < 4.78 is 79.2. The highest BCUT2D eigenvalue weighted by Crippen LogP contribution is 2.41. The van der Waals surface area contributed by atoms with E-state index in [9.17, 15) is 26.4 Å². The Morgan fingerprint density at radius 3 is 2.62 bits per heavy atom. The van der Waals surface area contributed by atoms with Crippen LogP contribution in [0.15, 0.2) is 59.5 Å². The zero-order valence-corrected chi connectivity index (χ0v) is 23.0. The lowest BCUT2D eigenvalue weighted by atomic mass is 9.99. The number of anilines is 1. The zero-order chi connectivity index (χ0) is 29.2. The Hall–Kier alpha value is -3.70. The van der Waals surface area contributed by atoms with Crippen molar-refractivity contribution in [2.24, 2.45) is 0 Å². The molecule has 212 valence electrons. The molecular formula is C28H25ClF3NO6S. The van der Waals surface area contributed by atoms with Crippen molar-refractivity contribution in [1.29, 1.82) is 0 Å². The van der Waals surface area contributed by atoms with E-state index >= 15 is 0 Å². The van der Waals surface area contributed by atoms with Crippen molar-refractivity contribution < 1.29 is 41.0 Å². The minimum absolute atomic E-state index is 0.0287. The van der Waals surface area contributed by atoms with E-state index in [1.54, 1.807) is 38.1 Å². The average molecular weight is 596 g/mol. The van der Waals surface area contributed by atoms with Gasteiger partial charge in [-0.05, 0) is 73.4 Å². The van der Waals surface area contributed by atoms with E-state index in [4.69, 9.17) is 21.4 Å². The first-order valence-corrected chi connectivity index (χ1v) is 13.9. The van der Waals surface area contributed by atoms with E-state index in [0.717, 1.165) is 10.4 Å². The Morgan fingerprint density at radius 2 is 1.95 bits per heavy atom. The highest BCUT2D eigenvalue weighted by Gasteiger charge is 2.35. The van der Waals surface area contributed by atoms with E-state index in [0.29, 0.717) is 16.7 Å². The molecule has 0 spiro atoms. The fourth-order valence-corrected chi connectivity index (χ4v) is 6.26. The van der Waals surface area contributed by atoms with Crippen LogP contribution in [0, 0.1) is 12.7 Å². The predicted octanol–water partition coefficient (Wildman–Crippen LogP) is 6.77. The summed E-state index contributed by atoms with van der Waals surface area (Å²) in [6, 6.07) is 12.2. The van der Waals surface area contributed by atoms with E-state index in [-0.39, 0.29) is 52.1 Å². The average Bonchev–Trinajstić information content (AvgIpc) is 2.87. The van der Waals surface area contributed by atoms with Gasteiger partial charge in [0.15, 0.2) is 0 Å². The number of nitrogens with zero attached hydrogens (tertiary/aromatic N) is 1. The minimum atomic E-state index is -4.35. The maximum absolute atomic E-state index is 14.5. The molecule has 1 aliphatic rings. The van der Waals surface area contributed by atoms with Gasteiger partial charge in [0.25, 0.3) is 10.0 Å². The third-order valence-corrected chi connectivity index (χ3v) is 8.40. The number of halogens is 4. The number of fused-ring (bicyclic) bond motifs is 1. The summed E-state index contributed by atoms with van der Waals surface area (Å²) in [7, 11) is -4.35. The first-order valence-electron chi connectivity index (χ1n) is 12.1. The standard InChI is InChI=1S/C28H25ClF3NO6S/c1-16-12-25-24(13-18(16)11-17(2)27-22(29)7-4-8-23(27)30)33(15-20(38-25)9-10-26(34)35)40(36,37)21-6-3-5-19(14-21)39-28(31)32/h3-8,11-14,20,28H,9-10,15H2,1-2H3,(H,34,35). The molecule has 0 aliphatic carbocycles. The number of hydrogen-bond donors (Lipinski definition) is 1. The Labute approximate surface area is 234 Å². The van der Waals surface area contributed by atoms with Crippen LogP contribution in [0.25, 0.3) is 11.6 Å². The molecule has 1 heterocycles. The number of carboxylic acid groups (broad SMARTS) is 1. The highest BCUT2D eigenvalue weighted by molar-refractivity contribution is 7.92. The number of aryl methyl sites for hydroxylation is 1. The SMILES string of the molecule is CC(=Cc1cc2c(cc1C)OC(CCC(=O)O)CN2S(=O)(=O)c1cccc(OC(F)F)c1)c1c(F)cccc1Cl. The van der Waals surface area contributed by atoms with Crippen LogP contribution in [-0.4, -0.2) is 38.8 Å². The molecule has 0 radical (unpaired) electrons. The number of alkyl halides is 2. The molecule has 1 unspecified atom stereocenters. The van der Waals surface area contributed by atoms with Gasteiger partial charge in [0, 0.05) is 18.1 Å². The summed E-state index contributed by atoms with van der Waals surface area (Å²) in [5.41, 5.74) is 2.07. The number of ether oxygens (including phenoxy) is 2. The fourth-order valence-electron chi connectivity index (χ4n) is 4.41. The molecule has 7 nitrogen and oxygen atoms in total. The molecule has 0 fully saturated rings. The third kappa shape index (κ3) is 6.37. The summed E-state index contributed by atoms with van der Waals surface area (Å²) in [5.74, 6) is -1.73. The van der Waals surface area contributed by atoms with Gasteiger partial charge >= 0.3 is 12.6 Å². The van der Waals surface area contributed by atoms with Gasteiger partial charge in [-0.1, -0.05) is 29.8 Å². The molecule has 3 aromatic rings. The van der Waals surface area contributed by atoms with Crippen molar-refractivity contribution in [1.82, 2.24) is 0 Å². The number of sulfonamides is 1. The van der Waals surface area contributed by atoms with Gasteiger partial charge < -0.3 is 14.6 Å². The van der Waals surface area contributed by atoms with Crippen molar-refractivity contribution in [3.05, 3.63) is 82.1 Å². The Bertz CT molecular complexity index is 1560. The molecular weight excluding hydrogens is 571 g/mol. The maximum Gasteiger partial charge on any atom is 0.387 e. The second kappa shape index (κ2) is 11.8. The number of carboxylic acids is 1. The third-order valence-electron chi connectivity index (χ3n) is 6.31. The summed E-state index contributed by atoms with van der Waals surface area (Å²) in [5, 5.41) is 9.35. The minimum Gasteiger partial charge on any atom is -0.486 e. The van der Waals surface area contributed by atoms with Crippen molar-refractivity contribution in [3.63, 3.8) is 0 Å². The Kier molecular flexibility index (Phi) is 8.65. The maximum atomic E-state index is 14.5. The van der Waals surface area contributed by atoms with Gasteiger partial charge in [-0.3, -0.25) is 9.10 Å². The van der Waals surface area contributed by atoms with Crippen LogP contribution in [-0.2, 0) is 14.8 Å². The molecule has 1 atom stereocenters. The number of rotatable bonds is 9. The van der Waals surface area contributed by atoms with Gasteiger partial charge in [-0.25, -0.2) is 12.8 Å². The largest absolute Gasteiger partial charge is 0.486 e. The molecule has 0 bridgehead atoms. The van der Waals surface area contributed by atoms with Gasteiger partial charge in [0.2, 0.25) is 0 Å². The first kappa shape index (κ1) is 29.3. The van der Waals surface area contributed by atoms with E-state index in [2.05, 4.69) is 4.74 Å². The lowest BCUT2D eigenvalue weighted by molar-refractivity contribution is -0.137. The topological polar surface area (TPSA) is 93.1 Å². The Morgan fingerprint density at radius 1 is 1.23 bits per heavy atom. The quantitative estimate of drug-likeness (QED) is 0.274. The molecule has 12 heteroatoms. The molecule has 0 amide bonds. The second-order valence-electron chi connectivity index (χ2n) is 9.16. The number of carbonyl (C=O) groups is 1. The van der Waals surface area contributed by atoms with Gasteiger partial charge in [0.05, 0.1) is 22.2 Å². The molecule has 1 N–H and O–H groups in total. The molecule has 1 aliphatic heterocycles. The van der Waals surface area contributed by atoms with Gasteiger partial charge in [-0.2, -0.15) is 8.78 Å². The van der Waals surface area contributed by atoms with Crippen molar-refractivity contribution in [2.75, 3.05) is 10.8 Å². The number of aliphatic carboxylic acids is 1. The van der Waals surface area contributed by atoms with E-state index in [1.807, 2.05) is 0 Å². The molecule has 4 rings (SSSR count). The van der Waals surface area contributed by atoms with Crippen LogP contribution in [0.5, 0.6) is 11.5 Å². The molecule has 0 saturated carbocycles. The number of allylic oxidation sites excluding steroid dienone is 1. The van der Waals surface area contributed by atoms with Crippen LogP contribution >= 0.6 is 11.6 Å². The van der Waals surface area contributed by atoms with Crippen molar-refractivity contribution in [3.8, 4) is 11.5 Å². The second-order valence-corrected chi connectivity index (χ2v) is 11.4. The smallest absolute Gasteiger partial charge is 0.387 e. The number of benzene rings is 3.